The van der Waals surface area contributed by atoms with Gasteiger partial charge in [0.25, 0.3) is 11.8 Å². The van der Waals surface area contributed by atoms with Crippen molar-refractivity contribution in [2.24, 2.45) is 0 Å². The Bertz CT molecular complexity index is 1470. The fourth-order valence-corrected chi connectivity index (χ4v) is 4.70. The van der Waals surface area contributed by atoms with Gasteiger partial charge in [-0.05, 0) is 58.4 Å². The van der Waals surface area contributed by atoms with E-state index in [9.17, 15) is 14.4 Å². The number of imide groups is 1. The van der Waals surface area contributed by atoms with E-state index in [0.717, 1.165) is 4.90 Å². The molecule has 0 bridgehead atoms. The van der Waals surface area contributed by atoms with Crippen molar-refractivity contribution in [3.05, 3.63) is 110 Å². The predicted octanol–water partition coefficient (Wildman–Crippen LogP) is 5.36. The third kappa shape index (κ3) is 3.73. The quantitative estimate of drug-likeness (QED) is 0.244. The van der Waals surface area contributed by atoms with Gasteiger partial charge in [0, 0.05) is 16.1 Å². The van der Waals surface area contributed by atoms with E-state index in [1.54, 1.807) is 65.2 Å². The van der Waals surface area contributed by atoms with Gasteiger partial charge in [-0.25, -0.2) is 0 Å². The topological polar surface area (TPSA) is 85.2 Å². The first-order chi connectivity index (χ1) is 16.4. The van der Waals surface area contributed by atoms with Crippen molar-refractivity contribution >= 4 is 56.7 Å². The summed E-state index contributed by atoms with van der Waals surface area (Å²) in [6, 6.07) is 18.1. The van der Waals surface area contributed by atoms with Crippen LogP contribution in [0.1, 0.15) is 42.5 Å². The minimum atomic E-state index is -0.422. The van der Waals surface area contributed by atoms with Gasteiger partial charge in [0.15, 0.2) is 11.6 Å². The second-order valence-corrected chi connectivity index (χ2v) is 8.99. The molecule has 0 unspecified atom stereocenters. The Kier molecular flexibility index (Phi) is 5.81. The Morgan fingerprint density at radius 2 is 1.50 bits per heavy atom. The summed E-state index contributed by atoms with van der Waals surface area (Å²) in [5.74, 6) is -0.920. The summed E-state index contributed by atoms with van der Waals surface area (Å²) in [5.41, 5.74) is 1.64. The van der Waals surface area contributed by atoms with E-state index in [0.29, 0.717) is 32.4 Å². The molecule has 2 heterocycles. The Balaban J connectivity index is 1.58. The van der Waals surface area contributed by atoms with Crippen molar-refractivity contribution in [2.45, 2.75) is 6.54 Å². The third-order valence-corrected chi connectivity index (χ3v) is 6.51. The van der Waals surface area contributed by atoms with Crippen LogP contribution in [0.5, 0.6) is 0 Å². The maximum atomic E-state index is 13.4. The van der Waals surface area contributed by atoms with Crippen LogP contribution in [0, 0.1) is 0 Å². The Morgan fingerprint density at radius 3 is 2.18 bits per heavy atom. The summed E-state index contributed by atoms with van der Waals surface area (Å²) >= 11 is 15.8. The van der Waals surface area contributed by atoms with Crippen molar-refractivity contribution in [3.63, 3.8) is 0 Å². The number of halogens is 3. The molecule has 34 heavy (non-hydrogen) atoms. The molecule has 0 N–H and O–H groups in total. The van der Waals surface area contributed by atoms with Crippen LogP contribution in [0.2, 0.25) is 10.0 Å². The van der Waals surface area contributed by atoms with Crippen LogP contribution in [0.15, 0.2) is 71.5 Å². The maximum Gasteiger partial charge on any atom is 0.261 e. The van der Waals surface area contributed by atoms with E-state index < -0.39 is 11.8 Å². The fraction of sp³-hybridized carbons (Fsp3) is 0.0417. The van der Waals surface area contributed by atoms with Crippen LogP contribution < -0.4 is 0 Å². The molecule has 168 valence electrons. The average Bonchev–Trinajstić information content (AvgIpc) is 3.31. The van der Waals surface area contributed by atoms with Crippen molar-refractivity contribution in [2.75, 3.05) is 0 Å². The summed E-state index contributed by atoms with van der Waals surface area (Å²) in [4.78, 5) is 40.2. The van der Waals surface area contributed by atoms with Crippen LogP contribution >= 0.6 is 39.1 Å². The number of hydrogen-bond donors (Lipinski definition) is 0. The second-order valence-electron chi connectivity index (χ2n) is 7.43. The highest BCUT2D eigenvalue weighted by atomic mass is 79.9. The van der Waals surface area contributed by atoms with E-state index in [4.69, 9.17) is 23.2 Å². The zero-order valence-corrected chi connectivity index (χ0v) is 20.3. The number of amides is 2. The lowest BCUT2D eigenvalue weighted by Crippen LogP contribution is -2.30. The minimum Gasteiger partial charge on any atom is -0.288 e. The molecule has 3 aromatic carbocycles. The van der Waals surface area contributed by atoms with Gasteiger partial charge in [-0.15, -0.1) is 10.2 Å². The molecule has 0 radical (unpaired) electrons. The van der Waals surface area contributed by atoms with Gasteiger partial charge in [-0.3, -0.25) is 23.9 Å². The number of aromatic nitrogens is 3. The second kappa shape index (κ2) is 8.79. The lowest BCUT2D eigenvalue weighted by molar-refractivity contribution is 0.0637. The molecule has 10 heteroatoms. The molecular formula is C24H13BrCl2N4O3. The highest BCUT2D eigenvalue weighted by Crippen LogP contribution is 2.30. The highest BCUT2D eigenvalue weighted by Gasteiger charge is 2.36. The first-order valence-corrected chi connectivity index (χ1v) is 11.6. The number of rotatable bonds is 5. The first-order valence-electron chi connectivity index (χ1n) is 10.0. The fourth-order valence-electron chi connectivity index (χ4n) is 3.84. The Labute approximate surface area is 212 Å². The maximum absolute atomic E-state index is 13.4. The molecule has 4 aromatic rings. The number of ketones is 1. The van der Waals surface area contributed by atoms with Gasteiger partial charge < -0.3 is 0 Å². The molecule has 1 aliphatic rings. The number of hydrogen-bond acceptors (Lipinski definition) is 5. The summed E-state index contributed by atoms with van der Waals surface area (Å²) in [6.07, 6.45) is 0. The number of nitrogens with zero attached hydrogens (tertiary/aromatic N) is 4. The smallest absolute Gasteiger partial charge is 0.261 e. The van der Waals surface area contributed by atoms with Crippen LogP contribution in [-0.4, -0.2) is 37.3 Å². The molecule has 0 saturated heterocycles. The molecule has 7 nitrogen and oxygen atoms in total. The van der Waals surface area contributed by atoms with Gasteiger partial charge >= 0.3 is 0 Å². The van der Waals surface area contributed by atoms with Gasteiger partial charge in [0.2, 0.25) is 4.73 Å². The minimum absolute atomic E-state index is 0.146. The molecule has 0 saturated carbocycles. The molecule has 0 fully saturated rings. The number of carbonyl (C=O) groups excluding carboxylic acids is 3. The van der Waals surface area contributed by atoms with Crippen LogP contribution in [0.3, 0.4) is 0 Å². The molecule has 5 rings (SSSR count). The first kappa shape index (κ1) is 22.5. The monoisotopic (exact) mass is 554 g/mol. The summed E-state index contributed by atoms with van der Waals surface area (Å²) < 4.78 is 1.85. The molecule has 1 aliphatic heterocycles. The molecule has 1 aromatic heterocycles. The third-order valence-electron chi connectivity index (χ3n) is 5.43. The van der Waals surface area contributed by atoms with Crippen LogP contribution in [0.4, 0.5) is 0 Å². The van der Waals surface area contributed by atoms with E-state index >= 15 is 0 Å². The Morgan fingerprint density at radius 1 is 0.853 bits per heavy atom. The standard InChI is InChI=1S/C24H13BrCl2N4O3/c25-24-29-28-20(12-30-22(33)14-5-1-2-6-15(14)23(30)34)31(24)19-10-9-13(26)11-17(19)21(32)16-7-3-4-8-18(16)27/h1-11H,12H2. The van der Waals surface area contributed by atoms with E-state index in [1.807, 2.05) is 0 Å². The zero-order chi connectivity index (χ0) is 24.0. The summed E-state index contributed by atoms with van der Waals surface area (Å²) in [5, 5.41) is 8.86. The van der Waals surface area contributed by atoms with Crippen molar-refractivity contribution in [3.8, 4) is 5.69 Å². The lowest BCUT2D eigenvalue weighted by Gasteiger charge is -2.17. The van der Waals surface area contributed by atoms with E-state index in [1.165, 1.54) is 6.07 Å². The predicted molar refractivity (Wildman–Crippen MR) is 130 cm³/mol. The average molecular weight is 556 g/mol. The molecule has 0 spiro atoms. The summed E-state index contributed by atoms with van der Waals surface area (Å²) in [6.45, 7) is -0.146. The molecule has 2 amide bonds. The Hall–Kier alpha value is -3.33. The largest absolute Gasteiger partial charge is 0.288 e. The zero-order valence-electron chi connectivity index (χ0n) is 17.2. The lowest BCUT2D eigenvalue weighted by atomic mass is 10.0. The number of benzene rings is 3. The van der Waals surface area contributed by atoms with Gasteiger partial charge in [-0.2, -0.15) is 0 Å². The highest BCUT2D eigenvalue weighted by molar-refractivity contribution is 9.10. The normalized spacial score (nSPS) is 12.9. The van der Waals surface area contributed by atoms with Gasteiger partial charge in [-0.1, -0.05) is 47.5 Å². The van der Waals surface area contributed by atoms with Crippen molar-refractivity contribution < 1.29 is 14.4 Å². The number of carbonyl (C=O) groups is 3. The SMILES string of the molecule is O=C(c1ccccc1Cl)c1cc(Cl)ccc1-n1c(Br)nnc1CN1C(=O)c2ccccc2C1=O. The van der Waals surface area contributed by atoms with Gasteiger partial charge in [0.1, 0.15) is 0 Å². The summed E-state index contributed by atoms with van der Waals surface area (Å²) in [7, 11) is 0. The molecule has 0 atom stereocenters. The van der Waals surface area contributed by atoms with Crippen LogP contribution in [0.25, 0.3) is 5.69 Å². The van der Waals surface area contributed by atoms with E-state index in [2.05, 4.69) is 26.1 Å². The van der Waals surface area contributed by atoms with Crippen LogP contribution in [-0.2, 0) is 6.54 Å². The van der Waals surface area contributed by atoms with Gasteiger partial charge in [0.05, 0.1) is 28.4 Å². The number of fused-ring (bicyclic) bond motifs is 1. The molecular weight excluding hydrogens is 543 g/mol. The van der Waals surface area contributed by atoms with Crippen molar-refractivity contribution in [1.82, 2.24) is 19.7 Å². The molecule has 0 aliphatic carbocycles. The van der Waals surface area contributed by atoms with E-state index in [-0.39, 0.29) is 28.4 Å². The van der Waals surface area contributed by atoms with Crippen molar-refractivity contribution in [1.29, 1.82) is 0 Å².